The minimum atomic E-state index is -0.118. The van der Waals surface area contributed by atoms with Gasteiger partial charge in [0.1, 0.15) is 11.8 Å². The zero-order chi connectivity index (χ0) is 18.4. The van der Waals surface area contributed by atoms with Crippen LogP contribution in [0, 0.1) is 13.8 Å². The largest absolute Gasteiger partial charge is 0.361 e. The van der Waals surface area contributed by atoms with Crippen LogP contribution in [0.4, 0.5) is 5.69 Å². The Bertz CT molecular complexity index is 1020. The predicted octanol–water partition coefficient (Wildman–Crippen LogP) is 4.44. The minimum Gasteiger partial charge on any atom is -0.361 e. The van der Waals surface area contributed by atoms with Crippen LogP contribution in [-0.2, 0) is 6.42 Å². The molecular formula is C22H22N4O. The Kier molecular flexibility index (Phi) is 3.74. The Morgan fingerprint density at radius 1 is 1.04 bits per heavy atom. The van der Waals surface area contributed by atoms with Crippen LogP contribution in [0.2, 0.25) is 0 Å². The fraction of sp³-hybridized carbons (Fsp3) is 0.273. The molecular weight excluding hydrogens is 336 g/mol. The van der Waals surface area contributed by atoms with E-state index in [9.17, 15) is 0 Å². The number of anilines is 1. The summed E-state index contributed by atoms with van der Waals surface area (Å²) < 4.78 is 5.42. The van der Waals surface area contributed by atoms with Gasteiger partial charge in [-0.05, 0) is 43.9 Å². The summed E-state index contributed by atoms with van der Waals surface area (Å²) in [5.41, 5.74) is 6.96. The molecule has 3 aromatic rings. The lowest BCUT2D eigenvalue weighted by Crippen LogP contribution is -2.36. The zero-order valence-electron chi connectivity index (χ0n) is 15.5. The minimum absolute atomic E-state index is 0.118. The van der Waals surface area contributed by atoms with Gasteiger partial charge in [-0.25, -0.2) is 4.99 Å². The third-order valence-corrected chi connectivity index (χ3v) is 5.57. The Morgan fingerprint density at radius 2 is 1.81 bits per heavy atom. The molecule has 2 N–H and O–H groups in total. The lowest BCUT2D eigenvalue weighted by Gasteiger charge is -2.27. The van der Waals surface area contributed by atoms with E-state index in [2.05, 4.69) is 52.2 Å². The summed E-state index contributed by atoms with van der Waals surface area (Å²) in [7, 11) is 0. The predicted molar refractivity (Wildman–Crippen MR) is 106 cm³/mol. The molecule has 0 saturated heterocycles. The molecule has 136 valence electrons. The molecule has 0 radical (unpaired) electrons. The second-order valence-corrected chi connectivity index (χ2v) is 7.26. The number of fused-ring (bicyclic) bond motifs is 2. The second kappa shape index (κ2) is 6.27. The molecule has 1 aliphatic carbocycles. The standard InChI is InChI=1S/C22H22N4O/c1-13-20(14(2)27-26-13)21-17-9-5-6-10-18(17)23-22(25-21)24-19-12-11-15-7-3-4-8-16(15)19/h3-10,19,21H,11-12H2,1-2H3,(H2,23,24,25)/t19?,21-/m1/s1. The summed E-state index contributed by atoms with van der Waals surface area (Å²) in [6.07, 6.45) is 2.18. The van der Waals surface area contributed by atoms with Crippen LogP contribution < -0.4 is 10.6 Å². The summed E-state index contributed by atoms with van der Waals surface area (Å²) in [6.45, 7) is 3.93. The Hall–Kier alpha value is -3.08. The number of hydrogen-bond donors (Lipinski definition) is 2. The highest BCUT2D eigenvalue weighted by atomic mass is 16.5. The van der Waals surface area contributed by atoms with E-state index in [1.165, 1.54) is 11.1 Å². The van der Waals surface area contributed by atoms with E-state index >= 15 is 0 Å². The molecule has 2 heterocycles. The van der Waals surface area contributed by atoms with Gasteiger partial charge in [-0.15, -0.1) is 0 Å². The van der Waals surface area contributed by atoms with Gasteiger partial charge in [0.25, 0.3) is 0 Å². The lowest BCUT2D eigenvalue weighted by atomic mass is 9.95. The van der Waals surface area contributed by atoms with E-state index in [-0.39, 0.29) is 12.1 Å². The molecule has 1 aliphatic heterocycles. The molecule has 2 aromatic carbocycles. The third kappa shape index (κ3) is 2.70. The maximum absolute atomic E-state index is 5.42. The second-order valence-electron chi connectivity index (χ2n) is 7.26. The average Bonchev–Trinajstić information content (AvgIpc) is 3.24. The molecule has 5 nitrogen and oxygen atoms in total. The van der Waals surface area contributed by atoms with Gasteiger partial charge in [0, 0.05) is 16.8 Å². The maximum atomic E-state index is 5.42. The van der Waals surface area contributed by atoms with Gasteiger partial charge in [0.05, 0.1) is 11.7 Å². The molecule has 5 rings (SSSR count). The van der Waals surface area contributed by atoms with E-state index in [1.54, 1.807) is 0 Å². The molecule has 0 saturated carbocycles. The van der Waals surface area contributed by atoms with Gasteiger partial charge < -0.3 is 15.2 Å². The van der Waals surface area contributed by atoms with E-state index in [0.717, 1.165) is 47.1 Å². The first-order valence-corrected chi connectivity index (χ1v) is 9.41. The first kappa shape index (κ1) is 16.1. The van der Waals surface area contributed by atoms with Crippen LogP contribution in [0.25, 0.3) is 0 Å². The Morgan fingerprint density at radius 3 is 2.63 bits per heavy atom. The van der Waals surface area contributed by atoms with Crippen molar-refractivity contribution in [2.45, 2.75) is 38.8 Å². The van der Waals surface area contributed by atoms with Crippen LogP contribution in [0.15, 0.2) is 58.0 Å². The fourth-order valence-corrected chi connectivity index (χ4v) is 4.25. The molecule has 2 atom stereocenters. The van der Waals surface area contributed by atoms with E-state index in [0.29, 0.717) is 0 Å². The molecule has 0 bridgehead atoms. The van der Waals surface area contributed by atoms with Crippen LogP contribution in [0.3, 0.4) is 0 Å². The van der Waals surface area contributed by atoms with Gasteiger partial charge in [-0.3, -0.25) is 0 Å². The van der Waals surface area contributed by atoms with Crippen molar-refractivity contribution in [1.82, 2.24) is 10.5 Å². The Labute approximate surface area is 158 Å². The van der Waals surface area contributed by atoms with E-state index in [1.807, 2.05) is 26.0 Å². The first-order chi connectivity index (χ1) is 13.2. The van der Waals surface area contributed by atoms with Crippen molar-refractivity contribution in [1.29, 1.82) is 0 Å². The van der Waals surface area contributed by atoms with Crippen LogP contribution >= 0.6 is 0 Å². The third-order valence-electron chi connectivity index (χ3n) is 5.57. The zero-order valence-corrected chi connectivity index (χ0v) is 15.5. The number of rotatable bonds is 2. The highest BCUT2D eigenvalue weighted by Gasteiger charge is 2.30. The monoisotopic (exact) mass is 358 g/mol. The maximum Gasteiger partial charge on any atom is 0.197 e. The van der Waals surface area contributed by atoms with Gasteiger partial charge in [0.2, 0.25) is 0 Å². The number of nitrogens with one attached hydrogen (secondary N) is 2. The molecule has 5 heteroatoms. The topological polar surface area (TPSA) is 62.5 Å². The van der Waals surface area contributed by atoms with Gasteiger partial charge in [-0.2, -0.15) is 0 Å². The Balaban J connectivity index is 1.52. The molecule has 2 aliphatic rings. The quantitative estimate of drug-likeness (QED) is 0.711. The molecule has 0 fully saturated rings. The average molecular weight is 358 g/mol. The van der Waals surface area contributed by atoms with Crippen molar-refractivity contribution < 1.29 is 4.52 Å². The van der Waals surface area contributed by atoms with Crippen molar-refractivity contribution in [3.05, 3.63) is 82.2 Å². The molecule has 1 unspecified atom stereocenters. The normalized spacial score (nSPS) is 20.4. The van der Waals surface area contributed by atoms with Crippen molar-refractivity contribution in [3.8, 4) is 0 Å². The van der Waals surface area contributed by atoms with Crippen LogP contribution in [-0.4, -0.2) is 11.1 Å². The highest BCUT2D eigenvalue weighted by molar-refractivity contribution is 5.97. The molecule has 0 amide bonds. The number of aryl methyl sites for hydroxylation is 3. The number of benzene rings is 2. The van der Waals surface area contributed by atoms with Gasteiger partial charge in [0.15, 0.2) is 5.96 Å². The number of para-hydroxylation sites is 1. The van der Waals surface area contributed by atoms with Crippen LogP contribution in [0.5, 0.6) is 0 Å². The van der Waals surface area contributed by atoms with E-state index in [4.69, 9.17) is 9.52 Å². The number of aliphatic imine (C=N–C) groups is 1. The number of guanidine groups is 1. The van der Waals surface area contributed by atoms with E-state index < -0.39 is 0 Å². The van der Waals surface area contributed by atoms with Crippen LogP contribution in [0.1, 0.15) is 52.2 Å². The number of aromatic nitrogens is 1. The summed E-state index contributed by atoms with van der Waals surface area (Å²) in [6, 6.07) is 17.1. The van der Waals surface area contributed by atoms with Gasteiger partial charge in [-0.1, -0.05) is 47.6 Å². The summed E-state index contributed by atoms with van der Waals surface area (Å²) in [5, 5.41) is 11.2. The SMILES string of the molecule is Cc1noc(C)c1[C@@H]1N=C(NC2CCc3ccccc32)Nc2ccccc21. The lowest BCUT2D eigenvalue weighted by molar-refractivity contribution is 0.392. The van der Waals surface area contributed by atoms with Crippen molar-refractivity contribution in [3.63, 3.8) is 0 Å². The summed E-state index contributed by atoms with van der Waals surface area (Å²) >= 11 is 0. The summed E-state index contributed by atoms with van der Waals surface area (Å²) in [4.78, 5) is 5.02. The molecule has 0 spiro atoms. The van der Waals surface area contributed by atoms with Crippen molar-refractivity contribution in [2.24, 2.45) is 4.99 Å². The molecule has 27 heavy (non-hydrogen) atoms. The van der Waals surface area contributed by atoms with Gasteiger partial charge >= 0.3 is 0 Å². The van der Waals surface area contributed by atoms with Crippen molar-refractivity contribution >= 4 is 11.6 Å². The highest BCUT2D eigenvalue weighted by Crippen LogP contribution is 2.38. The smallest absolute Gasteiger partial charge is 0.197 e. The number of nitrogens with zero attached hydrogens (tertiary/aromatic N) is 2. The summed E-state index contributed by atoms with van der Waals surface area (Å²) in [5.74, 6) is 1.63. The number of hydrogen-bond acceptors (Lipinski definition) is 5. The van der Waals surface area contributed by atoms with Crippen molar-refractivity contribution in [2.75, 3.05) is 5.32 Å². The molecule has 1 aromatic heterocycles. The first-order valence-electron chi connectivity index (χ1n) is 9.41. The fourth-order valence-electron chi connectivity index (χ4n) is 4.25.